The van der Waals surface area contributed by atoms with Gasteiger partial charge in [-0.3, -0.25) is 10.1 Å². The minimum absolute atomic E-state index is 0.248. The van der Waals surface area contributed by atoms with Gasteiger partial charge in [-0.25, -0.2) is 4.98 Å². The number of aromatic nitrogens is 1. The van der Waals surface area contributed by atoms with Gasteiger partial charge in [0.25, 0.3) is 5.91 Å². The molecular formula is C25H21ClN2O4S. The molecule has 33 heavy (non-hydrogen) atoms. The van der Waals surface area contributed by atoms with Crippen LogP contribution >= 0.6 is 22.9 Å². The van der Waals surface area contributed by atoms with Gasteiger partial charge in [0.2, 0.25) is 0 Å². The molecule has 0 bridgehead atoms. The molecule has 1 amide bonds. The van der Waals surface area contributed by atoms with Crippen LogP contribution in [0.2, 0.25) is 5.02 Å². The van der Waals surface area contributed by atoms with Gasteiger partial charge in [0.1, 0.15) is 23.9 Å². The highest BCUT2D eigenvalue weighted by molar-refractivity contribution is 7.14. The molecule has 0 saturated carbocycles. The van der Waals surface area contributed by atoms with E-state index in [1.807, 2.05) is 35.7 Å². The Labute approximate surface area is 200 Å². The van der Waals surface area contributed by atoms with E-state index in [1.165, 1.54) is 11.3 Å². The monoisotopic (exact) mass is 480 g/mol. The van der Waals surface area contributed by atoms with Gasteiger partial charge in [-0.05, 0) is 60.2 Å². The SMILES string of the molecule is COc1ccc(OC)c(-c2csc(NC(=O)c3cccc(COc4ccc(Cl)cc4)c3)n2)c1. The largest absolute Gasteiger partial charge is 0.497 e. The molecule has 0 spiro atoms. The van der Waals surface area contributed by atoms with Crippen LogP contribution in [-0.4, -0.2) is 25.1 Å². The predicted molar refractivity (Wildman–Crippen MR) is 131 cm³/mol. The summed E-state index contributed by atoms with van der Waals surface area (Å²) in [5.74, 6) is 1.83. The van der Waals surface area contributed by atoms with E-state index in [0.29, 0.717) is 45.3 Å². The molecule has 8 heteroatoms. The fourth-order valence-corrected chi connectivity index (χ4v) is 3.97. The zero-order chi connectivity index (χ0) is 23.2. The van der Waals surface area contributed by atoms with Crippen molar-refractivity contribution in [2.24, 2.45) is 0 Å². The van der Waals surface area contributed by atoms with Gasteiger partial charge in [0.05, 0.1) is 19.9 Å². The second kappa shape index (κ2) is 10.4. The summed E-state index contributed by atoms with van der Waals surface area (Å²) < 4.78 is 16.5. The first-order valence-corrected chi connectivity index (χ1v) is 11.3. The minimum atomic E-state index is -0.248. The number of carbonyl (C=O) groups excluding carboxylic acids is 1. The number of carbonyl (C=O) groups is 1. The van der Waals surface area contributed by atoms with Crippen LogP contribution < -0.4 is 19.5 Å². The third kappa shape index (κ3) is 5.63. The highest BCUT2D eigenvalue weighted by atomic mass is 35.5. The molecule has 0 unspecified atom stereocenters. The fraction of sp³-hybridized carbons (Fsp3) is 0.120. The smallest absolute Gasteiger partial charge is 0.257 e. The Morgan fingerprint density at radius 2 is 1.79 bits per heavy atom. The molecule has 0 aliphatic rings. The van der Waals surface area contributed by atoms with Crippen LogP contribution in [0.15, 0.2) is 72.1 Å². The number of nitrogens with one attached hydrogen (secondary N) is 1. The number of ether oxygens (including phenoxy) is 3. The number of nitrogens with zero attached hydrogens (tertiary/aromatic N) is 1. The number of hydrogen-bond acceptors (Lipinski definition) is 6. The number of benzene rings is 3. The van der Waals surface area contributed by atoms with E-state index in [9.17, 15) is 4.79 Å². The van der Waals surface area contributed by atoms with Crippen molar-refractivity contribution >= 4 is 34.0 Å². The van der Waals surface area contributed by atoms with Gasteiger partial charge in [-0.2, -0.15) is 0 Å². The van der Waals surface area contributed by atoms with E-state index in [4.69, 9.17) is 25.8 Å². The van der Waals surface area contributed by atoms with Gasteiger partial charge in [-0.1, -0.05) is 23.7 Å². The van der Waals surface area contributed by atoms with Crippen LogP contribution in [0.5, 0.6) is 17.2 Å². The maximum atomic E-state index is 12.8. The Hall–Kier alpha value is -3.55. The Morgan fingerprint density at radius 1 is 1.00 bits per heavy atom. The predicted octanol–water partition coefficient (Wildman–Crippen LogP) is 6.31. The molecule has 0 aliphatic carbocycles. The Bertz CT molecular complexity index is 1260. The number of hydrogen-bond donors (Lipinski definition) is 1. The Balaban J connectivity index is 1.44. The molecule has 168 valence electrons. The topological polar surface area (TPSA) is 69.7 Å². The lowest BCUT2D eigenvalue weighted by Crippen LogP contribution is -2.12. The first kappa shape index (κ1) is 22.6. The summed E-state index contributed by atoms with van der Waals surface area (Å²) >= 11 is 7.24. The van der Waals surface area contributed by atoms with Crippen molar-refractivity contribution in [1.82, 2.24) is 4.98 Å². The Morgan fingerprint density at radius 3 is 2.55 bits per heavy atom. The van der Waals surface area contributed by atoms with Gasteiger partial charge in [0.15, 0.2) is 5.13 Å². The first-order chi connectivity index (χ1) is 16.1. The van der Waals surface area contributed by atoms with Crippen molar-refractivity contribution in [3.05, 3.63) is 88.3 Å². The molecule has 4 aromatic rings. The van der Waals surface area contributed by atoms with Crippen molar-refractivity contribution in [1.29, 1.82) is 0 Å². The molecule has 3 aromatic carbocycles. The fourth-order valence-electron chi connectivity index (χ4n) is 3.14. The van der Waals surface area contributed by atoms with E-state index in [0.717, 1.165) is 11.1 Å². The van der Waals surface area contributed by atoms with Crippen LogP contribution in [0.4, 0.5) is 5.13 Å². The standard InChI is InChI=1S/C25H21ClN2O4S/c1-30-20-10-11-23(31-2)21(13-20)22-15-33-25(27-22)28-24(29)17-5-3-4-16(12-17)14-32-19-8-6-18(26)7-9-19/h3-13,15H,14H2,1-2H3,(H,27,28,29). The normalized spacial score (nSPS) is 10.5. The molecule has 0 radical (unpaired) electrons. The van der Waals surface area contributed by atoms with Gasteiger partial charge < -0.3 is 14.2 Å². The molecule has 0 saturated heterocycles. The van der Waals surface area contributed by atoms with E-state index < -0.39 is 0 Å². The van der Waals surface area contributed by atoms with Crippen molar-refractivity contribution in [2.75, 3.05) is 19.5 Å². The molecule has 4 rings (SSSR count). The van der Waals surface area contributed by atoms with Crippen molar-refractivity contribution in [3.63, 3.8) is 0 Å². The van der Waals surface area contributed by atoms with E-state index in [2.05, 4.69) is 10.3 Å². The summed E-state index contributed by atoms with van der Waals surface area (Å²) in [6, 6.07) is 19.9. The van der Waals surface area contributed by atoms with E-state index >= 15 is 0 Å². The third-order valence-electron chi connectivity index (χ3n) is 4.82. The molecule has 6 nitrogen and oxygen atoms in total. The van der Waals surface area contributed by atoms with Gasteiger partial charge in [-0.15, -0.1) is 11.3 Å². The second-order valence-electron chi connectivity index (χ2n) is 7.00. The Kier molecular flexibility index (Phi) is 7.12. The molecule has 1 heterocycles. The molecule has 0 atom stereocenters. The van der Waals surface area contributed by atoms with Crippen LogP contribution in [-0.2, 0) is 6.61 Å². The quantitative estimate of drug-likeness (QED) is 0.320. The molecule has 1 aromatic heterocycles. The van der Waals surface area contributed by atoms with Crippen LogP contribution in [0, 0.1) is 0 Å². The summed E-state index contributed by atoms with van der Waals surface area (Å²) in [6.07, 6.45) is 0. The molecular weight excluding hydrogens is 460 g/mol. The zero-order valence-electron chi connectivity index (χ0n) is 18.0. The van der Waals surface area contributed by atoms with Gasteiger partial charge in [0, 0.05) is 21.5 Å². The summed E-state index contributed by atoms with van der Waals surface area (Å²) in [5, 5.41) is 5.86. The van der Waals surface area contributed by atoms with E-state index in [-0.39, 0.29) is 5.91 Å². The number of rotatable bonds is 8. The lowest BCUT2D eigenvalue weighted by Gasteiger charge is -2.09. The van der Waals surface area contributed by atoms with Crippen LogP contribution in [0.25, 0.3) is 11.3 Å². The van der Waals surface area contributed by atoms with Crippen molar-refractivity contribution in [2.45, 2.75) is 6.61 Å². The summed E-state index contributed by atoms with van der Waals surface area (Å²) in [4.78, 5) is 17.4. The lowest BCUT2D eigenvalue weighted by atomic mass is 10.1. The van der Waals surface area contributed by atoms with Crippen molar-refractivity contribution in [3.8, 4) is 28.5 Å². The number of methoxy groups -OCH3 is 2. The average Bonchev–Trinajstić information content (AvgIpc) is 3.31. The summed E-state index contributed by atoms with van der Waals surface area (Å²) in [5.41, 5.74) is 2.87. The minimum Gasteiger partial charge on any atom is -0.497 e. The number of halogens is 1. The number of amides is 1. The zero-order valence-corrected chi connectivity index (χ0v) is 19.6. The molecule has 0 aliphatic heterocycles. The molecule has 0 fully saturated rings. The average molecular weight is 481 g/mol. The maximum Gasteiger partial charge on any atom is 0.257 e. The number of thiazole rings is 1. The second-order valence-corrected chi connectivity index (χ2v) is 8.30. The highest BCUT2D eigenvalue weighted by Crippen LogP contribution is 2.35. The summed E-state index contributed by atoms with van der Waals surface area (Å²) in [6.45, 7) is 0.333. The number of anilines is 1. The summed E-state index contributed by atoms with van der Waals surface area (Å²) in [7, 11) is 3.21. The third-order valence-corrected chi connectivity index (χ3v) is 5.83. The first-order valence-electron chi connectivity index (χ1n) is 10.0. The van der Waals surface area contributed by atoms with Crippen LogP contribution in [0.3, 0.4) is 0 Å². The molecule has 1 N–H and O–H groups in total. The van der Waals surface area contributed by atoms with E-state index in [1.54, 1.807) is 50.6 Å². The van der Waals surface area contributed by atoms with Gasteiger partial charge >= 0.3 is 0 Å². The van der Waals surface area contributed by atoms with Crippen molar-refractivity contribution < 1.29 is 19.0 Å². The lowest BCUT2D eigenvalue weighted by molar-refractivity contribution is 0.102. The highest BCUT2D eigenvalue weighted by Gasteiger charge is 2.14. The van der Waals surface area contributed by atoms with Crippen LogP contribution in [0.1, 0.15) is 15.9 Å². The maximum absolute atomic E-state index is 12.8.